The number of nitrogens with two attached hydrogens (primary N) is 2. The normalized spacial score (nSPS) is 19.7. The van der Waals surface area contributed by atoms with Gasteiger partial charge in [0.15, 0.2) is 5.82 Å². The molecule has 3 aliphatic heterocycles. The Labute approximate surface area is 337 Å². The fourth-order valence-electron chi connectivity index (χ4n) is 9.06. The average Bonchev–Trinajstić information content (AvgIpc) is 3.82. The van der Waals surface area contributed by atoms with E-state index in [0.29, 0.717) is 42.7 Å². The van der Waals surface area contributed by atoms with E-state index in [1.165, 1.54) is 6.20 Å². The lowest BCUT2D eigenvalue weighted by molar-refractivity contribution is -0.138. The highest BCUT2D eigenvalue weighted by molar-refractivity contribution is 7.23. The van der Waals surface area contributed by atoms with Crippen molar-refractivity contribution in [1.82, 2.24) is 24.8 Å². The van der Waals surface area contributed by atoms with Crippen molar-refractivity contribution < 1.29 is 35.8 Å². The molecule has 2 saturated heterocycles. The number of rotatable bonds is 9. The van der Waals surface area contributed by atoms with Crippen LogP contribution in [0.1, 0.15) is 54.0 Å². The first-order chi connectivity index (χ1) is 28.4. The van der Waals surface area contributed by atoms with E-state index in [1.54, 1.807) is 35.5 Å². The van der Waals surface area contributed by atoms with E-state index < -0.39 is 63.5 Å². The highest BCUT2D eigenvalue weighted by atomic mass is 32.1. The average molecular weight is 832 g/mol. The third-order valence-corrected chi connectivity index (χ3v) is 12.6. The molecule has 0 unspecified atom stereocenters. The number of aromatic nitrogens is 4. The van der Waals surface area contributed by atoms with Gasteiger partial charge in [0.2, 0.25) is 0 Å². The van der Waals surface area contributed by atoms with E-state index >= 15 is 22.0 Å². The monoisotopic (exact) mass is 831 g/mol. The Morgan fingerprint density at radius 1 is 1.08 bits per heavy atom. The van der Waals surface area contributed by atoms with Crippen LogP contribution in [-0.2, 0) is 12.6 Å². The first kappa shape index (κ1) is 38.6. The van der Waals surface area contributed by atoms with Gasteiger partial charge in [-0.05, 0) is 61.6 Å². The van der Waals surface area contributed by atoms with Gasteiger partial charge in [-0.25, -0.2) is 18.2 Å². The van der Waals surface area contributed by atoms with Gasteiger partial charge in [0.05, 0.1) is 33.8 Å². The lowest BCUT2D eigenvalue weighted by atomic mass is 9.91. The smallest absolute Gasteiger partial charge is 0.420 e. The molecule has 7 heterocycles. The van der Waals surface area contributed by atoms with Gasteiger partial charge in [-0.1, -0.05) is 18.2 Å². The lowest BCUT2D eigenvalue weighted by Gasteiger charge is -2.34. The first-order valence-electron chi connectivity index (χ1n) is 18.9. The van der Waals surface area contributed by atoms with E-state index in [2.05, 4.69) is 15.0 Å². The molecule has 9 rings (SSSR count). The Morgan fingerprint density at radius 2 is 1.92 bits per heavy atom. The van der Waals surface area contributed by atoms with Gasteiger partial charge in [0.25, 0.3) is 0 Å². The summed E-state index contributed by atoms with van der Waals surface area (Å²) in [7, 11) is 0. The molecule has 11 nitrogen and oxygen atoms in total. The van der Waals surface area contributed by atoms with Crippen LogP contribution in [0.2, 0.25) is 0 Å². The topological polar surface area (TPSA) is 152 Å². The molecule has 0 saturated carbocycles. The zero-order chi connectivity index (χ0) is 41.2. The summed E-state index contributed by atoms with van der Waals surface area (Å²) in [4.78, 5) is 21.4. The summed E-state index contributed by atoms with van der Waals surface area (Å²) in [6.07, 6.45) is 0.936. The van der Waals surface area contributed by atoms with Gasteiger partial charge in [-0.2, -0.15) is 28.4 Å². The summed E-state index contributed by atoms with van der Waals surface area (Å²) in [6.45, 7) is 0.449. The number of hydrogen-bond donors (Lipinski definition) is 2. The number of fused-ring (bicyclic) bond motifs is 2. The van der Waals surface area contributed by atoms with Crippen LogP contribution < -0.4 is 25.8 Å². The quantitative estimate of drug-likeness (QED) is 0.136. The number of halogens is 6. The number of thiophene rings is 1. The van der Waals surface area contributed by atoms with Crippen molar-refractivity contribution in [2.45, 2.75) is 56.0 Å². The molecule has 3 atom stereocenters. The largest absolute Gasteiger partial charge is 0.490 e. The Kier molecular flexibility index (Phi) is 9.62. The Hall–Kier alpha value is -5.93. The van der Waals surface area contributed by atoms with E-state index in [-0.39, 0.29) is 76.4 Å². The number of aryl methyl sites for hydroxylation is 1. The number of pyridine rings is 2. The van der Waals surface area contributed by atoms with E-state index in [1.807, 2.05) is 17.0 Å². The molecule has 0 bridgehead atoms. The fourth-order valence-corrected chi connectivity index (χ4v) is 10.0. The molecule has 0 aliphatic carbocycles. The van der Waals surface area contributed by atoms with E-state index in [4.69, 9.17) is 25.9 Å². The second-order valence-electron chi connectivity index (χ2n) is 15.0. The van der Waals surface area contributed by atoms with Gasteiger partial charge in [-0.15, -0.1) is 11.3 Å². The van der Waals surface area contributed by atoms with Crippen LogP contribution in [0.5, 0.6) is 11.8 Å². The summed E-state index contributed by atoms with van der Waals surface area (Å²) in [6, 6.07) is 9.79. The van der Waals surface area contributed by atoms with Gasteiger partial charge in [-0.3, -0.25) is 9.88 Å². The van der Waals surface area contributed by atoms with Crippen molar-refractivity contribution in [2.75, 3.05) is 49.2 Å². The van der Waals surface area contributed by atoms with Crippen molar-refractivity contribution in [3.05, 3.63) is 88.9 Å². The molecule has 0 spiro atoms. The SMILES string of the molecule is N#Cc1c(N)sc2c(F)ccc(-c3c(C(F)(F)F)c4c5c(nc(OC[C@@]67CCCN6C[C@H](F)C7)nc5c3F)N([C@H](CCc3cccnc3)c3cccnc3N)CCO4)c12. The molecule has 304 valence electrons. The van der Waals surface area contributed by atoms with Crippen LogP contribution in [0.15, 0.2) is 55.0 Å². The number of nitrogen functional groups attached to an aromatic ring is 2. The van der Waals surface area contributed by atoms with Crippen LogP contribution >= 0.6 is 11.3 Å². The Balaban J connectivity index is 1.31. The summed E-state index contributed by atoms with van der Waals surface area (Å²) in [5.74, 6) is -3.00. The van der Waals surface area contributed by atoms with Crippen LogP contribution in [0, 0.1) is 23.0 Å². The van der Waals surface area contributed by atoms with E-state index in [9.17, 15) is 9.65 Å². The standard InChI is InChI=1S/C41H35F6N9O2S/c42-22-16-40(10-3-13-55(40)19-22)20-58-39-53-33-30-34(31(41(45,46)47)29(32(33)44)24-7-8-26(43)35-28(24)25(17-48)37(50)59-35)57-15-14-56(38(30)54-39)27(23-5-2-12-52-36(23)49)9-6-21-4-1-11-51-18-21/h1-2,4-5,7-8,11-12,18,22,27H,3,6,9-10,13-16,19-20,50H2,(H2,49,52)/t22-,27-,40+/m1/s1. The van der Waals surface area contributed by atoms with Crippen molar-refractivity contribution in [3.63, 3.8) is 0 Å². The van der Waals surface area contributed by atoms with Gasteiger partial charge < -0.3 is 25.8 Å². The number of nitrogens with zero attached hydrogens (tertiary/aromatic N) is 7. The Morgan fingerprint density at radius 3 is 2.68 bits per heavy atom. The molecule has 4 aromatic heterocycles. The molecule has 0 radical (unpaired) electrons. The number of nitriles is 1. The second kappa shape index (κ2) is 14.7. The third kappa shape index (κ3) is 6.56. The van der Waals surface area contributed by atoms with Crippen LogP contribution in [0.25, 0.3) is 32.1 Å². The van der Waals surface area contributed by atoms with Crippen molar-refractivity contribution in [1.29, 1.82) is 5.26 Å². The predicted octanol–water partition coefficient (Wildman–Crippen LogP) is 8.16. The molecule has 6 aromatic rings. The first-order valence-corrected chi connectivity index (χ1v) is 19.8. The van der Waals surface area contributed by atoms with Gasteiger partial charge >= 0.3 is 12.2 Å². The summed E-state index contributed by atoms with van der Waals surface area (Å²) >= 11 is 0.665. The molecule has 0 amide bonds. The zero-order valence-electron chi connectivity index (χ0n) is 31.2. The number of anilines is 3. The van der Waals surface area contributed by atoms with Crippen molar-refractivity contribution in [2.24, 2.45) is 0 Å². The highest BCUT2D eigenvalue weighted by Gasteiger charge is 2.50. The summed E-state index contributed by atoms with van der Waals surface area (Å²) in [5, 5.41) is 9.21. The minimum atomic E-state index is -5.26. The number of benzene rings is 2. The highest BCUT2D eigenvalue weighted by Crippen LogP contribution is 2.54. The molecule has 18 heteroatoms. The molecular formula is C41H35F6N9O2S. The maximum absolute atomic E-state index is 17.7. The maximum Gasteiger partial charge on any atom is 0.420 e. The second-order valence-corrected chi connectivity index (χ2v) is 16.0. The van der Waals surface area contributed by atoms with Crippen molar-refractivity contribution in [3.8, 4) is 29.0 Å². The molecule has 2 fully saturated rings. The molecular weight excluding hydrogens is 797 g/mol. The molecule has 4 N–H and O–H groups in total. The molecule has 2 aromatic carbocycles. The minimum absolute atomic E-state index is 0.0534. The third-order valence-electron chi connectivity index (χ3n) is 11.6. The van der Waals surface area contributed by atoms with Crippen LogP contribution in [0.4, 0.5) is 43.0 Å². The van der Waals surface area contributed by atoms with Crippen molar-refractivity contribution >= 4 is 49.0 Å². The van der Waals surface area contributed by atoms with Gasteiger partial charge in [0.1, 0.15) is 64.7 Å². The number of hydrogen-bond acceptors (Lipinski definition) is 12. The van der Waals surface area contributed by atoms with Gasteiger partial charge in [0, 0.05) is 48.1 Å². The number of alkyl halides is 4. The predicted molar refractivity (Wildman–Crippen MR) is 210 cm³/mol. The maximum atomic E-state index is 17.7. The zero-order valence-corrected chi connectivity index (χ0v) is 32.0. The fraction of sp³-hybridized carbons (Fsp3) is 0.341. The molecule has 59 heavy (non-hydrogen) atoms. The lowest BCUT2D eigenvalue weighted by Crippen LogP contribution is -2.43. The summed E-state index contributed by atoms with van der Waals surface area (Å²) < 4.78 is 107. The summed E-state index contributed by atoms with van der Waals surface area (Å²) in [5.41, 5.74) is 9.44. The van der Waals surface area contributed by atoms with Crippen LogP contribution in [0.3, 0.4) is 0 Å². The molecule has 3 aliphatic rings. The number of ether oxygens (including phenoxy) is 2. The minimum Gasteiger partial charge on any atom is -0.490 e. The van der Waals surface area contributed by atoms with Crippen LogP contribution in [-0.4, -0.2) is 69.4 Å². The Bertz CT molecular complexity index is 2660. The van der Waals surface area contributed by atoms with E-state index in [0.717, 1.165) is 24.1 Å².